The van der Waals surface area contributed by atoms with Gasteiger partial charge in [-0.1, -0.05) is 22.0 Å². The van der Waals surface area contributed by atoms with Crippen LogP contribution in [-0.4, -0.2) is 49.4 Å². The fraction of sp³-hybridized carbons (Fsp3) is 0.364. The van der Waals surface area contributed by atoms with Gasteiger partial charge in [0.15, 0.2) is 5.78 Å². The van der Waals surface area contributed by atoms with Crippen LogP contribution in [0.2, 0.25) is 0 Å². The lowest BCUT2D eigenvalue weighted by Gasteiger charge is -2.36. The molecule has 3 rings (SSSR count). The first-order valence-corrected chi connectivity index (χ1v) is 10.4. The van der Waals surface area contributed by atoms with Gasteiger partial charge in [-0.25, -0.2) is 4.39 Å². The van der Waals surface area contributed by atoms with E-state index in [4.69, 9.17) is 4.74 Å². The van der Waals surface area contributed by atoms with Gasteiger partial charge in [0.05, 0.1) is 12.3 Å². The summed E-state index contributed by atoms with van der Waals surface area (Å²) in [6.07, 6.45) is 1.07. The summed E-state index contributed by atoms with van der Waals surface area (Å²) in [6, 6.07) is 12.2. The topological polar surface area (TPSA) is 49.9 Å². The molecular formula is C22H24BrFN2O3. The lowest BCUT2D eigenvalue weighted by molar-refractivity contribution is -0.131. The molecule has 0 aromatic heterocycles. The van der Waals surface area contributed by atoms with Gasteiger partial charge in [-0.15, -0.1) is 0 Å². The number of nitrogens with zero attached hydrogens (tertiary/aromatic N) is 2. The smallest absolute Gasteiger partial charge is 0.222 e. The van der Waals surface area contributed by atoms with E-state index in [2.05, 4.69) is 15.9 Å². The van der Waals surface area contributed by atoms with Gasteiger partial charge < -0.3 is 14.5 Å². The number of ketones is 1. The van der Waals surface area contributed by atoms with Crippen LogP contribution in [0.5, 0.6) is 5.75 Å². The van der Waals surface area contributed by atoms with E-state index in [1.807, 2.05) is 34.1 Å². The summed E-state index contributed by atoms with van der Waals surface area (Å²) >= 11 is 3.40. The average Bonchev–Trinajstić information content (AvgIpc) is 2.71. The van der Waals surface area contributed by atoms with Gasteiger partial charge >= 0.3 is 0 Å². The highest BCUT2D eigenvalue weighted by molar-refractivity contribution is 9.10. The van der Waals surface area contributed by atoms with Gasteiger partial charge in [-0.2, -0.15) is 0 Å². The number of ether oxygens (including phenoxy) is 1. The molecule has 1 amide bonds. The highest BCUT2D eigenvalue weighted by Gasteiger charge is 2.22. The van der Waals surface area contributed by atoms with Gasteiger partial charge in [0, 0.05) is 42.6 Å². The molecule has 1 fully saturated rings. The Morgan fingerprint density at radius 1 is 1.10 bits per heavy atom. The van der Waals surface area contributed by atoms with Crippen LogP contribution in [0.15, 0.2) is 46.9 Å². The van der Waals surface area contributed by atoms with Crippen molar-refractivity contribution in [2.24, 2.45) is 0 Å². The Hall–Kier alpha value is -2.41. The third-order valence-electron chi connectivity index (χ3n) is 4.93. The minimum absolute atomic E-state index is 0.0925. The maximum atomic E-state index is 14.3. The second-order valence-corrected chi connectivity index (χ2v) is 7.92. The van der Waals surface area contributed by atoms with Crippen LogP contribution < -0.4 is 9.64 Å². The molecule has 0 radical (unpaired) electrons. The molecule has 154 valence electrons. The van der Waals surface area contributed by atoms with Gasteiger partial charge in [-0.3, -0.25) is 9.59 Å². The Morgan fingerprint density at radius 3 is 2.52 bits per heavy atom. The monoisotopic (exact) mass is 462 g/mol. The third-order valence-corrected chi connectivity index (χ3v) is 5.42. The highest BCUT2D eigenvalue weighted by atomic mass is 79.9. The number of hydrogen-bond acceptors (Lipinski definition) is 4. The van der Waals surface area contributed by atoms with Crippen LogP contribution in [-0.2, 0) is 4.79 Å². The number of hydrogen-bond donors (Lipinski definition) is 0. The van der Waals surface area contributed by atoms with E-state index in [1.54, 1.807) is 12.1 Å². The molecule has 1 heterocycles. The van der Waals surface area contributed by atoms with Crippen molar-refractivity contribution in [2.75, 3.05) is 37.7 Å². The van der Waals surface area contributed by atoms with Gasteiger partial charge in [-0.05, 0) is 49.7 Å². The van der Waals surface area contributed by atoms with Crippen molar-refractivity contribution in [3.63, 3.8) is 0 Å². The molecule has 0 atom stereocenters. The number of rotatable bonds is 7. The van der Waals surface area contributed by atoms with Gasteiger partial charge in [0.2, 0.25) is 5.91 Å². The Kier molecular flexibility index (Phi) is 7.25. The minimum atomic E-state index is -0.401. The largest absolute Gasteiger partial charge is 0.494 e. The quantitative estimate of drug-likeness (QED) is 0.454. The van der Waals surface area contributed by atoms with Crippen molar-refractivity contribution in [3.8, 4) is 5.75 Å². The predicted octanol–water partition coefficient (Wildman–Crippen LogP) is 4.30. The van der Waals surface area contributed by atoms with Crippen LogP contribution in [0.3, 0.4) is 0 Å². The molecule has 0 unspecified atom stereocenters. The second-order valence-electron chi connectivity index (χ2n) is 7.00. The van der Waals surface area contributed by atoms with Crippen LogP contribution in [0.1, 0.15) is 30.1 Å². The summed E-state index contributed by atoms with van der Waals surface area (Å²) < 4.78 is 20.9. The van der Waals surface area contributed by atoms with Crippen molar-refractivity contribution >= 4 is 33.3 Å². The highest BCUT2D eigenvalue weighted by Crippen LogP contribution is 2.23. The van der Waals surface area contributed by atoms with E-state index in [0.717, 1.165) is 10.2 Å². The Morgan fingerprint density at radius 2 is 1.86 bits per heavy atom. The summed E-state index contributed by atoms with van der Waals surface area (Å²) in [5.41, 5.74) is 0.842. The molecule has 1 saturated heterocycles. The molecule has 0 saturated carbocycles. The molecule has 2 aromatic carbocycles. The van der Waals surface area contributed by atoms with Crippen LogP contribution >= 0.6 is 15.9 Å². The Labute approximate surface area is 178 Å². The molecule has 0 spiro atoms. The fourth-order valence-electron chi connectivity index (χ4n) is 3.31. The normalized spacial score (nSPS) is 14.0. The van der Waals surface area contributed by atoms with E-state index in [9.17, 15) is 14.0 Å². The first-order chi connectivity index (χ1) is 13.9. The van der Waals surface area contributed by atoms with Crippen LogP contribution in [0.4, 0.5) is 10.1 Å². The Bertz CT molecular complexity index is 882. The first kappa shape index (κ1) is 21.3. The number of halogens is 2. The minimum Gasteiger partial charge on any atom is -0.494 e. The number of anilines is 1. The number of benzene rings is 2. The molecule has 0 bridgehead atoms. The van der Waals surface area contributed by atoms with E-state index in [-0.39, 0.29) is 11.7 Å². The second kappa shape index (κ2) is 9.87. The molecule has 2 aromatic rings. The molecule has 5 nitrogen and oxygen atoms in total. The van der Waals surface area contributed by atoms with Crippen LogP contribution in [0, 0.1) is 5.82 Å². The lowest BCUT2D eigenvalue weighted by Crippen LogP contribution is -2.49. The molecule has 0 N–H and O–H groups in total. The van der Waals surface area contributed by atoms with Crippen molar-refractivity contribution in [1.29, 1.82) is 0 Å². The molecular weight excluding hydrogens is 439 g/mol. The van der Waals surface area contributed by atoms with E-state index in [0.29, 0.717) is 56.9 Å². The molecule has 1 aliphatic heterocycles. The summed E-state index contributed by atoms with van der Waals surface area (Å²) in [7, 11) is 0. The standard InChI is InChI=1S/C22H24BrFN2O3/c1-16(27)17-7-8-21(20(24)14-17)25-9-11-26(12-10-25)22(28)6-3-13-29-19-5-2-4-18(23)15-19/h2,4-5,7-8,14-15H,3,6,9-13H2,1H3. The van der Waals surface area contributed by atoms with Gasteiger partial charge in [0.1, 0.15) is 11.6 Å². The molecule has 0 aliphatic carbocycles. The van der Waals surface area contributed by atoms with Gasteiger partial charge in [0.25, 0.3) is 0 Å². The number of amides is 1. The van der Waals surface area contributed by atoms with Crippen molar-refractivity contribution in [3.05, 3.63) is 58.3 Å². The van der Waals surface area contributed by atoms with E-state index in [1.165, 1.54) is 13.0 Å². The summed E-state index contributed by atoms with van der Waals surface area (Å²) in [4.78, 5) is 27.5. The summed E-state index contributed by atoms with van der Waals surface area (Å²) in [5, 5.41) is 0. The van der Waals surface area contributed by atoms with E-state index < -0.39 is 5.82 Å². The zero-order valence-corrected chi connectivity index (χ0v) is 18.0. The predicted molar refractivity (Wildman–Crippen MR) is 114 cm³/mol. The average molecular weight is 463 g/mol. The number of carbonyl (C=O) groups is 2. The lowest BCUT2D eigenvalue weighted by atomic mass is 10.1. The fourth-order valence-corrected chi connectivity index (χ4v) is 3.69. The zero-order valence-electron chi connectivity index (χ0n) is 16.4. The number of Topliss-reactive ketones (excluding diaryl/α,β-unsaturated/α-hetero) is 1. The first-order valence-electron chi connectivity index (χ1n) is 9.65. The molecule has 29 heavy (non-hydrogen) atoms. The number of piperazine rings is 1. The molecule has 1 aliphatic rings. The zero-order chi connectivity index (χ0) is 20.8. The van der Waals surface area contributed by atoms with Crippen LogP contribution in [0.25, 0.3) is 0 Å². The number of carbonyl (C=O) groups excluding carboxylic acids is 2. The summed E-state index contributed by atoms with van der Waals surface area (Å²) in [5.74, 6) is 0.310. The van der Waals surface area contributed by atoms with E-state index >= 15 is 0 Å². The SMILES string of the molecule is CC(=O)c1ccc(N2CCN(C(=O)CCCOc3cccc(Br)c3)CC2)c(F)c1. The summed E-state index contributed by atoms with van der Waals surface area (Å²) in [6.45, 7) is 4.14. The van der Waals surface area contributed by atoms with Crippen molar-refractivity contribution < 1.29 is 18.7 Å². The maximum Gasteiger partial charge on any atom is 0.222 e. The Balaban J connectivity index is 1.43. The maximum absolute atomic E-state index is 14.3. The van der Waals surface area contributed by atoms with Crippen molar-refractivity contribution in [1.82, 2.24) is 4.90 Å². The van der Waals surface area contributed by atoms with Crippen molar-refractivity contribution in [2.45, 2.75) is 19.8 Å². The third kappa shape index (κ3) is 5.79. The molecule has 7 heteroatoms.